The van der Waals surface area contributed by atoms with Crippen LogP contribution in [0.1, 0.15) is 43.0 Å². The minimum absolute atomic E-state index is 0.0206. The molecule has 0 aliphatic heterocycles. The Morgan fingerprint density at radius 1 is 1.20 bits per heavy atom. The molecule has 0 spiro atoms. The summed E-state index contributed by atoms with van der Waals surface area (Å²) in [6, 6.07) is 7.10. The van der Waals surface area contributed by atoms with Gasteiger partial charge < -0.3 is 9.47 Å². The second kappa shape index (κ2) is 7.08. The van der Waals surface area contributed by atoms with E-state index < -0.39 is 0 Å². The van der Waals surface area contributed by atoms with E-state index in [1.807, 2.05) is 6.92 Å². The molecule has 20 heavy (non-hydrogen) atoms. The quantitative estimate of drug-likeness (QED) is 0.613. The van der Waals surface area contributed by atoms with Crippen molar-refractivity contribution in [2.45, 2.75) is 38.7 Å². The first kappa shape index (κ1) is 14.6. The number of hydrogen-bond donors (Lipinski definition) is 0. The largest absolute Gasteiger partial charge is 0.490 e. The SMILES string of the molecule is CCOC(=O)[C@H]1CC[C@H](Oc2ccc(C=O)cc2)CC1. The number of carbonyl (C=O) groups excluding carboxylic acids is 2. The molecule has 0 heterocycles. The third kappa shape index (κ3) is 3.83. The van der Waals surface area contributed by atoms with Gasteiger partial charge in [0, 0.05) is 5.56 Å². The molecule has 1 aromatic carbocycles. The molecule has 2 rings (SSSR count). The fraction of sp³-hybridized carbons (Fsp3) is 0.500. The van der Waals surface area contributed by atoms with Crippen molar-refractivity contribution in [1.29, 1.82) is 0 Å². The first-order valence-electron chi connectivity index (χ1n) is 7.11. The van der Waals surface area contributed by atoms with Gasteiger partial charge in [0.1, 0.15) is 12.0 Å². The number of esters is 1. The molecule has 0 bridgehead atoms. The third-order valence-electron chi connectivity index (χ3n) is 3.61. The molecule has 1 aliphatic rings. The van der Waals surface area contributed by atoms with Crippen molar-refractivity contribution in [3.8, 4) is 5.75 Å². The highest BCUT2D eigenvalue weighted by molar-refractivity contribution is 5.74. The van der Waals surface area contributed by atoms with Crippen LogP contribution in [0, 0.1) is 5.92 Å². The summed E-state index contributed by atoms with van der Waals surface area (Å²) in [4.78, 5) is 22.2. The van der Waals surface area contributed by atoms with Crippen LogP contribution >= 0.6 is 0 Å². The summed E-state index contributed by atoms with van der Waals surface area (Å²) in [5.74, 6) is 0.712. The number of carbonyl (C=O) groups is 2. The minimum Gasteiger partial charge on any atom is -0.490 e. The Balaban J connectivity index is 1.81. The zero-order valence-corrected chi connectivity index (χ0v) is 11.7. The lowest BCUT2D eigenvalue weighted by molar-refractivity contribution is -0.149. The van der Waals surface area contributed by atoms with Crippen LogP contribution in [0.15, 0.2) is 24.3 Å². The Hall–Kier alpha value is -1.84. The topological polar surface area (TPSA) is 52.6 Å². The summed E-state index contributed by atoms with van der Waals surface area (Å²) in [6.07, 6.45) is 4.31. The summed E-state index contributed by atoms with van der Waals surface area (Å²) in [5, 5.41) is 0. The van der Waals surface area contributed by atoms with E-state index in [9.17, 15) is 9.59 Å². The molecule has 0 radical (unpaired) electrons. The van der Waals surface area contributed by atoms with Crippen LogP contribution in [0.4, 0.5) is 0 Å². The van der Waals surface area contributed by atoms with E-state index in [1.54, 1.807) is 24.3 Å². The molecule has 4 heteroatoms. The Kier molecular flexibility index (Phi) is 5.16. The lowest BCUT2D eigenvalue weighted by atomic mass is 9.87. The van der Waals surface area contributed by atoms with Gasteiger partial charge in [0.25, 0.3) is 0 Å². The summed E-state index contributed by atoms with van der Waals surface area (Å²) < 4.78 is 10.9. The smallest absolute Gasteiger partial charge is 0.308 e. The van der Waals surface area contributed by atoms with Crippen molar-refractivity contribution in [2.24, 2.45) is 5.92 Å². The number of aldehydes is 1. The van der Waals surface area contributed by atoms with Crippen LogP contribution in [0.3, 0.4) is 0 Å². The molecule has 1 saturated carbocycles. The predicted molar refractivity (Wildman–Crippen MR) is 74.8 cm³/mol. The van der Waals surface area contributed by atoms with E-state index in [0.717, 1.165) is 37.7 Å². The average Bonchev–Trinajstić information content (AvgIpc) is 2.49. The molecule has 1 aromatic rings. The molecule has 0 saturated heterocycles. The number of hydrogen-bond acceptors (Lipinski definition) is 4. The molecule has 0 amide bonds. The van der Waals surface area contributed by atoms with Gasteiger partial charge in [0.05, 0.1) is 18.6 Å². The van der Waals surface area contributed by atoms with Gasteiger partial charge in [0.15, 0.2) is 0 Å². The molecule has 0 aromatic heterocycles. The lowest BCUT2D eigenvalue weighted by Gasteiger charge is -2.27. The van der Waals surface area contributed by atoms with Crippen LogP contribution in [0.2, 0.25) is 0 Å². The van der Waals surface area contributed by atoms with E-state index >= 15 is 0 Å². The maximum atomic E-state index is 11.6. The first-order valence-corrected chi connectivity index (χ1v) is 7.11. The lowest BCUT2D eigenvalue weighted by Crippen LogP contribution is -2.29. The molecular weight excluding hydrogens is 256 g/mol. The highest BCUT2D eigenvalue weighted by Gasteiger charge is 2.28. The van der Waals surface area contributed by atoms with Crippen LogP contribution in [0.25, 0.3) is 0 Å². The van der Waals surface area contributed by atoms with Gasteiger partial charge in [-0.25, -0.2) is 0 Å². The maximum Gasteiger partial charge on any atom is 0.308 e. The molecule has 1 aliphatic carbocycles. The fourth-order valence-electron chi connectivity index (χ4n) is 2.49. The van der Waals surface area contributed by atoms with Gasteiger partial charge >= 0.3 is 5.97 Å². The first-order chi connectivity index (χ1) is 9.72. The normalized spacial score (nSPS) is 22.1. The summed E-state index contributed by atoms with van der Waals surface area (Å²) in [7, 11) is 0. The second-order valence-corrected chi connectivity index (χ2v) is 5.03. The van der Waals surface area contributed by atoms with Gasteiger partial charge in [-0.2, -0.15) is 0 Å². The van der Waals surface area contributed by atoms with Crippen molar-refractivity contribution < 1.29 is 19.1 Å². The summed E-state index contributed by atoms with van der Waals surface area (Å²) in [5.41, 5.74) is 0.642. The Bertz CT molecular complexity index is 444. The van der Waals surface area contributed by atoms with Crippen molar-refractivity contribution in [1.82, 2.24) is 0 Å². The van der Waals surface area contributed by atoms with E-state index in [4.69, 9.17) is 9.47 Å². The van der Waals surface area contributed by atoms with Gasteiger partial charge in [-0.05, 0) is 56.9 Å². The van der Waals surface area contributed by atoms with Gasteiger partial charge in [-0.3, -0.25) is 9.59 Å². The monoisotopic (exact) mass is 276 g/mol. The fourth-order valence-corrected chi connectivity index (χ4v) is 2.49. The van der Waals surface area contributed by atoms with Crippen LogP contribution in [-0.4, -0.2) is 25.0 Å². The average molecular weight is 276 g/mol. The van der Waals surface area contributed by atoms with Crippen molar-refractivity contribution in [2.75, 3.05) is 6.61 Å². The molecule has 0 N–H and O–H groups in total. The molecule has 0 unspecified atom stereocenters. The minimum atomic E-state index is -0.0821. The second-order valence-electron chi connectivity index (χ2n) is 5.03. The molecule has 1 fully saturated rings. The van der Waals surface area contributed by atoms with Crippen molar-refractivity contribution in [3.05, 3.63) is 29.8 Å². The molecule has 4 nitrogen and oxygen atoms in total. The third-order valence-corrected chi connectivity index (χ3v) is 3.61. The highest BCUT2D eigenvalue weighted by Crippen LogP contribution is 2.28. The Morgan fingerprint density at radius 2 is 1.85 bits per heavy atom. The molecule has 0 atom stereocenters. The zero-order chi connectivity index (χ0) is 14.4. The molecular formula is C16H20O4. The van der Waals surface area contributed by atoms with Gasteiger partial charge in [0.2, 0.25) is 0 Å². The van der Waals surface area contributed by atoms with Crippen LogP contribution < -0.4 is 4.74 Å². The van der Waals surface area contributed by atoms with Crippen LogP contribution in [0.5, 0.6) is 5.75 Å². The zero-order valence-electron chi connectivity index (χ0n) is 11.7. The van der Waals surface area contributed by atoms with Gasteiger partial charge in [-0.15, -0.1) is 0 Å². The van der Waals surface area contributed by atoms with E-state index in [-0.39, 0.29) is 18.0 Å². The highest BCUT2D eigenvalue weighted by atomic mass is 16.5. The number of rotatable bonds is 5. The van der Waals surface area contributed by atoms with E-state index in [2.05, 4.69) is 0 Å². The van der Waals surface area contributed by atoms with Crippen LogP contribution in [-0.2, 0) is 9.53 Å². The van der Waals surface area contributed by atoms with Crippen molar-refractivity contribution >= 4 is 12.3 Å². The van der Waals surface area contributed by atoms with Crippen molar-refractivity contribution in [3.63, 3.8) is 0 Å². The maximum absolute atomic E-state index is 11.6. The number of ether oxygens (including phenoxy) is 2. The summed E-state index contributed by atoms with van der Waals surface area (Å²) in [6.45, 7) is 2.27. The van der Waals surface area contributed by atoms with E-state index in [1.165, 1.54) is 0 Å². The predicted octanol–water partition coefficient (Wildman–Crippen LogP) is 3.00. The summed E-state index contributed by atoms with van der Waals surface area (Å²) >= 11 is 0. The number of benzene rings is 1. The Labute approximate surface area is 119 Å². The standard InChI is InChI=1S/C16H20O4/c1-2-19-16(18)13-5-9-15(10-6-13)20-14-7-3-12(11-17)4-8-14/h3-4,7-8,11,13,15H,2,5-6,9-10H2,1H3/t13-,15-. The van der Waals surface area contributed by atoms with Gasteiger partial charge in [-0.1, -0.05) is 0 Å². The molecule has 108 valence electrons. The Morgan fingerprint density at radius 3 is 2.40 bits per heavy atom. The van der Waals surface area contributed by atoms with E-state index in [0.29, 0.717) is 12.2 Å².